The SMILES string of the molecule is O=C1S/C(=C\c2ccc(Cl)cc2Cl)C(=O)N1c1cccc(O)c1. The maximum absolute atomic E-state index is 12.5. The second kappa shape index (κ2) is 6.28. The summed E-state index contributed by atoms with van der Waals surface area (Å²) in [5.41, 5.74) is 0.913. The number of halogens is 2. The molecule has 1 heterocycles. The molecular formula is C16H9Cl2NO3S. The molecule has 2 aromatic rings. The molecule has 0 radical (unpaired) electrons. The maximum Gasteiger partial charge on any atom is 0.298 e. The molecule has 1 N–H and O–H groups in total. The molecule has 1 aliphatic rings. The number of carbonyl (C=O) groups is 2. The summed E-state index contributed by atoms with van der Waals surface area (Å²) in [6.45, 7) is 0. The first-order valence-electron chi connectivity index (χ1n) is 6.48. The summed E-state index contributed by atoms with van der Waals surface area (Å²) in [5.74, 6) is -0.483. The Morgan fingerprint density at radius 2 is 1.87 bits per heavy atom. The number of anilines is 1. The van der Waals surface area contributed by atoms with Crippen LogP contribution in [-0.2, 0) is 4.79 Å². The van der Waals surface area contributed by atoms with Crippen molar-refractivity contribution in [2.45, 2.75) is 0 Å². The van der Waals surface area contributed by atoms with Crippen LogP contribution < -0.4 is 4.90 Å². The molecule has 2 aromatic carbocycles. The van der Waals surface area contributed by atoms with Gasteiger partial charge in [0.15, 0.2) is 0 Å². The van der Waals surface area contributed by atoms with E-state index in [0.717, 1.165) is 16.7 Å². The van der Waals surface area contributed by atoms with Crippen LogP contribution in [0.4, 0.5) is 10.5 Å². The van der Waals surface area contributed by atoms with Gasteiger partial charge in [0.25, 0.3) is 11.1 Å². The van der Waals surface area contributed by atoms with Crippen LogP contribution in [0.2, 0.25) is 10.0 Å². The Labute approximate surface area is 146 Å². The van der Waals surface area contributed by atoms with Crippen LogP contribution in [0.5, 0.6) is 5.75 Å². The topological polar surface area (TPSA) is 57.6 Å². The number of hydrogen-bond donors (Lipinski definition) is 1. The van der Waals surface area contributed by atoms with Gasteiger partial charge in [-0.15, -0.1) is 0 Å². The number of thioether (sulfide) groups is 1. The van der Waals surface area contributed by atoms with Crippen molar-refractivity contribution in [3.63, 3.8) is 0 Å². The quantitative estimate of drug-likeness (QED) is 0.765. The van der Waals surface area contributed by atoms with Gasteiger partial charge >= 0.3 is 0 Å². The average molecular weight is 366 g/mol. The number of aromatic hydroxyl groups is 1. The van der Waals surface area contributed by atoms with Crippen molar-refractivity contribution >= 4 is 57.9 Å². The molecule has 0 bridgehead atoms. The lowest BCUT2D eigenvalue weighted by Gasteiger charge is -2.12. The Hall–Kier alpha value is -1.95. The molecule has 0 saturated carbocycles. The molecular weight excluding hydrogens is 357 g/mol. The molecule has 2 amide bonds. The fourth-order valence-electron chi connectivity index (χ4n) is 2.08. The summed E-state index contributed by atoms with van der Waals surface area (Å²) < 4.78 is 0. The summed E-state index contributed by atoms with van der Waals surface area (Å²) in [6, 6.07) is 10.8. The predicted octanol–water partition coefficient (Wildman–Crippen LogP) is 4.94. The third kappa shape index (κ3) is 3.22. The Morgan fingerprint density at radius 1 is 1.09 bits per heavy atom. The molecule has 0 unspecified atom stereocenters. The van der Waals surface area contributed by atoms with Crippen molar-refractivity contribution in [2.75, 3.05) is 4.90 Å². The third-order valence-corrected chi connectivity index (χ3v) is 4.56. The van der Waals surface area contributed by atoms with Crippen molar-refractivity contribution in [2.24, 2.45) is 0 Å². The van der Waals surface area contributed by atoms with E-state index >= 15 is 0 Å². The van der Waals surface area contributed by atoms with Gasteiger partial charge in [0.05, 0.1) is 10.6 Å². The minimum atomic E-state index is -0.461. The lowest BCUT2D eigenvalue weighted by Crippen LogP contribution is -2.27. The number of hydrogen-bond acceptors (Lipinski definition) is 4. The van der Waals surface area contributed by atoms with Crippen molar-refractivity contribution in [3.05, 3.63) is 63.0 Å². The van der Waals surface area contributed by atoms with E-state index in [-0.39, 0.29) is 10.7 Å². The normalized spacial score (nSPS) is 16.4. The van der Waals surface area contributed by atoms with Crippen LogP contribution in [0.1, 0.15) is 5.56 Å². The van der Waals surface area contributed by atoms with Crippen molar-refractivity contribution < 1.29 is 14.7 Å². The number of phenols is 1. The van der Waals surface area contributed by atoms with Gasteiger partial charge in [0, 0.05) is 16.1 Å². The minimum absolute atomic E-state index is 0.0220. The molecule has 1 fully saturated rings. The van der Waals surface area contributed by atoms with Gasteiger partial charge in [-0.3, -0.25) is 9.59 Å². The summed E-state index contributed by atoms with van der Waals surface area (Å²) in [5, 5.41) is 9.95. The number of nitrogens with zero attached hydrogens (tertiary/aromatic N) is 1. The van der Waals surface area contributed by atoms with Crippen LogP contribution in [-0.4, -0.2) is 16.3 Å². The summed E-state index contributed by atoms with van der Waals surface area (Å²) >= 11 is 12.7. The number of carbonyl (C=O) groups excluding carboxylic acids is 2. The maximum atomic E-state index is 12.5. The van der Waals surface area contributed by atoms with Gasteiger partial charge in [-0.1, -0.05) is 35.3 Å². The fraction of sp³-hybridized carbons (Fsp3) is 0. The molecule has 4 nitrogen and oxygen atoms in total. The van der Waals surface area contributed by atoms with Gasteiger partial charge in [-0.2, -0.15) is 0 Å². The number of imide groups is 1. The van der Waals surface area contributed by atoms with Crippen molar-refractivity contribution in [1.29, 1.82) is 0 Å². The third-order valence-electron chi connectivity index (χ3n) is 3.13. The Morgan fingerprint density at radius 3 is 2.57 bits per heavy atom. The Balaban J connectivity index is 1.96. The fourth-order valence-corrected chi connectivity index (χ4v) is 3.38. The zero-order chi connectivity index (χ0) is 16.6. The highest BCUT2D eigenvalue weighted by Gasteiger charge is 2.36. The number of phenolic OH excluding ortho intramolecular Hbond substituents is 1. The van der Waals surface area contributed by atoms with Crippen LogP contribution in [0.25, 0.3) is 6.08 Å². The van der Waals surface area contributed by atoms with E-state index in [1.165, 1.54) is 12.1 Å². The minimum Gasteiger partial charge on any atom is -0.508 e. The Kier molecular flexibility index (Phi) is 4.35. The van der Waals surface area contributed by atoms with E-state index in [1.807, 2.05) is 0 Å². The van der Waals surface area contributed by atoms with Gasteiger partial charge in [0.1, 0.15) is 5.75 Å². The molecule has 0 atom stereocenters. The number of rotatable bonds is 2. The van der Waals surface area contributed by atoms with Gasteiger partial charge in [0.2, 0.25) is 0 Å². The summed E-state index contributed by atoms with van der Waals surface area (Å²) in [6.07, 6.45) is 1.55. The van der Waals surface area contributed by atoms with E-state index < -0.39 is 11.1 Å². The highest BCUT2D eigenvalue weighted by molar-refractivity contribution is 8.19. The van der Waals surface area contributed by atoms with Crippen molar-refractivity contribution in [3.8, 4) is 5.75 Å². The average Bonchev–Trinajstić information content (AvgIpc) is 2.76. The van der Waals surface area contributed by atoms with E-state index in [4.69, 9.17) is 23.2 Å². The monoisotopic (exact) mass is 365 g/mol. The van der Waals surface area contributed by atoms with Gasteiger partial charge in [-0.25, -0.2) is 4.90 Å². The molecule has 116 valence electrons. The molecule has 0 aromatic heterocycles. The van der Waals surface area contributed by atoms with Crippen molar-refractivity contribution in [1.82, 2.24) is 0 Å². The van der Waals surface area contributed by atoms with E-state index in [1.54, 1.807) is 36.4 Å². The van der Waals surface area contributed by atoms with Gasteiger partial charge < -0.3 is 5.11 Å². The molecule has 0 spiro atoms. The lowest BCUT2D eigenvalue weighted by molar-refractivity contribution is -0.113. The number of amides is 2. The molecule has 1 aliphatic heterocycles. The van der Waals surface area contributed by atoms with E-state index in [9.17, 15) is 14.7 Å². The van der Waals surface area contributed by atoms with Crippen LogP contribution >= 0.6 is 35.0 Å². The second-order valence-electron chi connectivity index (χ2n) is 4.70. The molecule has 7 heteroatoms. The molecule has 1 saturated heterocycles. The zero-order valence-electron chi connectivity index (χ0n) is 11.5. The smallest absolute Gasteiger partial charge is 0.298 e. The summed E-state index contributed by atoms with van der Waals surface area (Å²) in [7, 11) is 0. The predicted molar refractivity (Wildman–Crippen MR) is 93.0 cm³/mol. The highest BCUT2D eigenvalue weighted by atomic mass is 35.5. The molecule has 3 rings (SSSR count). The second-order valence-corrected chi connectivity index (χ2v) is 6.54. The Bertz CT molecular complexity index is 851. The lowest BCUT2D eigenvalue weighted by atomic mass is 10.2. The molecule has 23 heavy (non-hydrogen) atoms. The first-order valence-corrected chi connectivity index (χ1v) is 8.05. The van der Waals surface area contributed by atoms with E-state index in [0.29, 0.717) is 21.3 Å². The van der Waals surface area contributed by atoms with Gasteiger partial charge in [-0.05, 0) is 47.7 Å². The van der Waals surface area contributed by atoms with E-state index in [2.05, 4.69) is 0 Å². The summed E-state index contributed by atoms with van der Waals surface area (Å²) in [4.78, 5) is 25.9. The standard InChI is InChI=1S/C16H9Cl2NO3S/c17-10-5-4-9(13(18)7-10)6-14-15(21)19(16(22)23-14)11-2-1-3-12(20)8-11/h1-8,20H/b14-6-. The van der Waals surface area contributed by atoms with Crippen LogP contribution in [0, 0.1) is 0 Å². The zero-order valence-corrected chi connectivity index (χ0v) is 13.8. The van der Waals surface area contributed by atoms with Crippen LogP contribution in [0.3, 0.4) is 0 Å². The first kappa shape index (κ1) is 15.9. The number of benzene rings is 2. The first-order chi connectivity index (χ1) is 11.0. The van der Waals surface area contributed by atoms with Crippen LogP contribution in [0.15, 0.2) is 47.4 Å². The molecule has 0 aliphatic carbocycles. The highest BCUT2D eigenvalue weighted by Crippen LogP contribution is 2.37. The largest absolute Gasteiger partial charge is 0.508 e.